The summed E-state index contributed by atoms with van der Waals surface area (Å²) in [6.07, 6.45) is -0.804. The third-order valence-corrected chi connectivity index (χ3v) is 4.49. The van der Waals surface area contributed by atoms with Gasteiger partial charge in [0, 0.05) is 19.6 Å². The van der Waals surface area contributed by atoms with Crippen molar-refractivity contribution in [3.05, 3.63) is 65.7 Å². The summed E-state index contributed by atoms with van der Waals surface area (Å²) in [6.45, 7) is 0.775. The van der Waals surface area contributed by atoms with Crippen molar-refractivity contribution >= 4 is 11.9 Å². The van der Waals surface area contributed by atoms with Crippen molar-refractivity contribution in [2.45, 2.75) is 12.1 Å². The summed E-state index contributed by atoms with van der Waals surface area (Å²) in [5.41, 5.74) is 1.14. The maximum Gasteiger partial charge on any atom is 0.325 e. The molecule has 1 saturated heterocycles. The van der Waals surface area contributed by atoms with E-state index in [0.29, 0.717) is 17.9 Å². The maximum absolute atomic E-state index is 12.5. The molecular weight excluding hydrogens is 372 g/mol. The Morgan fingerprint density at radius 3 is 2.66 bits per heavy atom. The molecule has 1 aliphatic rings. The summed E-state index contributed by atoms with van der Waals surface area (Å²) in [4.78, 5) is 25.7. The monoisotopic (exact) mass is 394 g/mol. The van der Waals surface area contributed by atoms with Crippen LogP contribution in [0.5, 0.6) is 5.75 Å². The predicted molar refractivity (Wildman–Crippen MR) is 105 cm³/mol. The van der Waals surface area contributed by atoms with Crippen LogP contribution in [0.25, 0.3) is 0 Å². The van der Waals surface area contributed by atoms with Crippen LogP contribution < -0.4 is 15.4 Å². The number of ether oxygens (including phenoxy) is 1. The summed E-state index contributed by atoms with van der Waals surface area (Å²) in [7, 11) is 0. The van der Waals surface area contributed by atoms with Gasteiger partial charge in [0.05, 0.1) is 5.56 Å². The molecule has 150 valence electrons. The van der Waals surface area contributed by atoms with Gasteiger partial charge in [-0.05, 0) is 17.7 Å². The van der Waals surface area contributed by atoms with E-state index in [1.165, 1.54) is 0 Å². The molecule has 8 heteroatoms. The van der Waals surface area contributed by atoms with Gasteiger partial charge in [0.25, 0.3) is 5.91 Å². The minimum atomic E-state index is -0.804. The number of benzene rings is 2. The van der Waals surface area contributed by atoms with Crippen LogP contribution in [0.2, 0.25) is 0 Å². The number of nitrogens with zero attached hydrogens (tertiary/aromatic N) is 2. The molecule has 1 fully saturated rings. The molecule has 0 saturated carbocycles. The molecule has 0 aromatic heterocycles. The molecule has 8 nitrogen and oxygen atoms in total. The van der Waals surface area contributed by atoms with Crippen LogP contribution in [0.1, 0.15) is 17.2 Å². The molecule has 0 radical (unpaired) electrons. The highest BCUT2D eigenvalue weighted by atomic mass is 16.5. The fourth-order valence-electron chi connectivity index (χ4n) is 2.99. The van der Waals surface area contributed by atoms with E-state index in [1.54, 1.807) is 36.4 Å². The molecule has 0 aliphatic carbocycles. The molecule has 2 aromatic carbocycles. The molecular formula is C21H22N4O4. The number of urea groups is 1. The number of nitriles is 1. The van der Waals surface area contributed by atoms with Gasteiger partial charge in [0.2, 0.25) is 0 Å². The zero-order valence-electron chi connectivity index (χ0n) is 15.7. The van der Waals surface area contributed by atoms with Gasteiger partial charge in [-0.15, -0.1) is 0 Å². The molecule has 2 unspecified atom stereocenters. The summed E-state index contributed by atoms with van der Waals surface area (Å²) < 4.78 is 5.48. The molecule has 0 spiro atoms. The van der Waals surface area contributed by atoms with E-state index in [2.05, 4.69) is 10.6 Å². The average Bonchev–Trinajstić information content (AvgIpc) is 3.04. The molecule has 2 atom stereocenters. The number of carbonyl (C=O) groups is 2. The first-order chi connectivity index (χ1) is 14.1. The Morgan fingerprint density at radius 2 is 1.90 bits per heavy atom. The normalized spacial score (nSPS) is 17.0. The van der Waals surface area contributed by atoms with Crippen molar-refractivity contribution < 1.29 is 19.4 Å². The molecule has 3 N–H and O–H groups in total. The summed E-state index contributed by atoms with van der Waals surface area (Å²) in [5.74, 6) is 0.125. The van der Waals surface area contributed by atoms with Gasteiger partial charge in [-0.2, -0.15) is 5.26 Å². The van der Waals surface area contributed by atoms with Gasteiger partial charge >= 0.3 is 6.03 Å². The van der Waals surface area contributed by atoms with Crippen LogP contribution in [-0.2, 0) is 4.79 Å². The van der Waals surface area contributed by atoms with Crippen LogP contribution >= 0.6 is 0 Å². The maximum atomic E-state index is 12.5. The quantitative estimate of drug-likeness (QED) is 0.435. The summed E-state index contributed by atoms with van der Waals surface area (Å²) in [5, 5.41) is 24.7. The van der Waals surface area contributed by atoms with Crippen molar-refractivity contribution in [1.29, 1.82) is 5.26 Å². The van der Waals surface area contributed by atoms with Gasteiger partial charge in [0.1, 0.15) is 30.6 Å². The van der Waals surface area contributed by atoms with Gasteiger partial charge in [-0.25, -0.2) is 4.79 Å². The average molecular weight is 394 g/mol. The van der Waals surface area contributed by atoms with Crippen molar-refractivity contribution in [3.8, 4) is 11.8 Å². The third kappa shape index (κ3) is 5.10. The Hall–Kier alpha value is -3.41. The van der Waals surface area contributed by atoms with E-state index in [1.807, 2.05) is 24.3 Å². The number of rotatable bonds is 9. The Kier molecular flexibility index (Phi) is 6.79. The first kappa shape index (κ1) is 20.3. The number of aliphatic hydroxyl groups is 1. The Morgan fingerprint density at radius 1 is 1.17 bits per heavy atom. The lowest BCUT2D eigenvalue weighted by Crippen LogP contribution is -2.39. The van der Waals surface area contributed by atoms with Crippen LogP contribution in [0.4, 0.5) is 4.79 Å². The van der Waals surface area contributed by atoms with E-state index in [-0.39, 0.29) is 25.6 Å². The molecule has 0 bridgehead atoms. The highest BCUT2D eigenvalue weighted by Gasteiger charge is 2.38. The second-order valence-corrected chi connectivity index (χ2v) is 6.56. The van der Waals surface area contributed by atoms with Crippen LogP contribution in [0, 0.1) is 11.3 Å². The van der Waals surface area contributed by atoms with Crippen LogP contribution in [0.3, 0.4) is 0 Å². The second-order valence-electron chi connectivity index (χ2n) is 6.56. The van der Waals surface area contributed by atoms with E-state index in [0.717, 1.165) is 10.5 Å². The van der Waals surface area contributed by atoms with Gasteiger partial charge in [-0.1, -0.05) is 42.5 Å². The number of imide groups is 1. The predicted octanol–water partition coefficient (Wildman–Crippen LogP) is 1.18. The van der Waals surface area contributed by atoms with E-state index in [9.17, 15) is 14.7 Å². The van der Waals surface area contributed by atoms with Gasteiger partial charge in [0.15, 0.2) is 0 Å². The number of aliphatic hydroxyl groups excluding tert-OH is 1. The van der Waals surface area contributed by atoms with Crippen molar-refractivity contribution in [2.75, 3.05) is 26.2 Å². The fourth-order valence-corrected chi connectivity index (χ4v) is 2.99. The highest BCUT2D eigenvalue weighted by molar-refractivity contribution is 6.04. The van der Waals surface area contributed by atoms with Crippen molar-refractivity contribution in [3.63, 3.8) is 0 Å². The molecule has 3 amide bonds. The van der Waals surface area contributed by atoms with Gasteiger partial charge in [-0.3, -0.25) is 9.69 Å². The van der Waals surface area contributed by atoms with E-state index >= 15 is 0 Å². The number of para-hydroxylation sites is 1. The SMILES string of the molecule is N#Cc1ccccc1OCC(O)CNCCN1C(=O)NC(c2ccccc2)C1=O. The van der Waals surface area contributed by atoms with E-state index < -0.39 is 18.2 Å². The van der Waals surface area contributed by atoms with E-state index in [4.69, 9.17) is 10.00 Å². The van der Waals surface area contributed by atoms with Crippen molar-refractivity contribution in [2.24, 2.45) is 0 Å². The lowest BCUT2D eigenvalue weighted by Gasteiger charge is -2.16. The zero-order valence-corrected chi connectivity index (χ0v) is 15.7. The first-order valence-corrected chi connectivity index (χ1v) is 9.27. The number of amides is 3. The number of nitrogens with one attached hydrogen (secondary N) is 2. The minimum absolute atomic E-state index is 0.0188. The Balaban J connectivity index is 1.40. The lowest BCUT2D eigenvalue weighted by molar-refractivity contribution is -0.127. The third-order valence-electron chi connectivity index (χ3n) is 4.49. The fraction of sp³-hybridized carbons (Fsp3) is 0.286. The van der Waals surface area contributed by atoms with Crippen LogP contribution in [-0.4, -0.2) is 54.3 Å². The first-order valence-electron chi connectivity index (χ1n) is 9.27. The topological polar surface area (TPSA) is 115 Å². The second kappa shape index (κ2) is 9.68. The molecule has 2 aromatic rings. The number of carbonyl (C=O) groups excluding carboxylic acids is 2. The largest absolute Gasteiger partial charge is 0.489 e. The number of hydrogen-bond acceptors (Lipinski definition) is 6. The smallest absolute Gasteiger partial charge is 0.325 e. The van der Waals surface area contributed by atoms with Crippen molar-refractivity contribution in [1.82, 2.24) is 15.5 Å². The Labute approximate surface area is 168 Å². The highest BCUT2D eigenvalue weighted by Crippen LogP contribution is 2.21. The molecule has 1 heterocycles. The number of hydrogen-bond donors (Lipinski definition) is 3. The van der Waals surface area contributed by atoms with Crippen LogP contribution in [0.15, 0.2) is 54.6 Å². The lowest BCUT2D eigenvalue weighted by atomic mass is 10.1. The summed E-state index contributed by atoms with van der Waals surface area (Å²) in [6, 6.07) is 16.8. The summed E-state index contributed by atoms with van der Waals surface area (Å²) >= 11 is 0. The standard InChI is InChI=1S/C21H22N4O4/c22-12-16-8-4-5-9-18(16)29-14-17(26)13-23-10-11-25-20(27)19(24-21(25)28)15-6-2-1-3-7-15/h1-9,17,19,23,26H,10-11,13-14H2,(H,24,28). The minimum Gasteiger partial charge on any atom is -0.489 e. The zero-order chi connectivity index (χ0) is 20.6. The molecule has 1 aliphatic heterocycles. The molecule has 29 heavy (non-hydrogen) atoms. The molecule has 3 rings (SSSR count). The Bertz CT molecular complexity index is 897. The van der Waals surface area contributed by atoms with Gasteiger partial charge < -0.3 is 20.5 Å².